The molecule has 0 aliphatic heterocycles. The summed E-state index contributed by atoms with van der Waals surface area (Å²) in [6.45, 7) is 3.84. The van der Waals surface area contributed by atoms with Crippen LogP contribution in [0.15, 0.2) is 42.5 Å². The molecule has 1 aromatic heterocycles. The number of ketones is 1. The molecule has 1 heterocycles. The molecule has 2 nitrogen and oxygen atoms in total. The summed E-state index contributed by atoms with van der Waals surface area (Å²) in [6, 6.07) is 14.1. The maximum absolute atomic E-state index is 12.1. The minimum absolute atomic E-state index is 0.195. The zero-order valence-electron chi connectivity index (χ0n) is 11.5. The first kappa shape index (κ1) is 13.5. The van der Waals surface area contributed by atoms with Gasteiger partial charge in [-0.2, -0.15) is 0 Å². The summed E-state index contributed by atoms with van der Waals surface area (Å²) >= 11 is 0. The van der Waals surface area contributed by atoms with Crippen LogP contribution in [0.4, 0.5) is 0 Å². The molecule has 19 heavy (non-hydrogen) atoms. The smallest absolute Gasteiger partial charge is 0.164 e. The lowest BCUT2D eigenvalue weighted by Crippen LogP contribution is -2.04. The number of rotatable bonds is 5. The van der Waals surface area contributed by atoms with Gasteiger partial charge in [-0.15, -0.1) is 0 Å². The van der Waals surface area contributed by atoms with Gasteiger partial charge in [-0.25, -0.2) is 0 Å². The van der Waals surface area contributed by atoms with Gasteiger partial charge in [0.05, 0.1) is 0 Å². The van der Waals surface area contributed by atoms with Gasteiger partial charge in [-0.3, -0.25) is 9.78 Å². The minimum Gasteiger partial charge on any atom is -0.294 e. The molecule has 0 amide bonds. The van der Waals surface area contributed by atoms with Gasteiger partial charge in [0.15, 0.2) is 5.78 Å². The maximum atomic E-state index is 12.1. The fraction of sp³-hybridized carbons (Fsp3) is 0.294. The highest BCUT2D eigenvalue weighted by molar-refractivity contribution is 5.96. The van der Waals surface area contributed by atoms with Crippen LogP contribution in [0, 0.1) is 13.8 Å². The van der Waals surface area contributed by atoms with Crippen LogP contribution in [0.5, 0.6) is 0 Å². The summed E-state index contributed by atoms with van der Waals surface area (Å²) in [5.74, 6) is 0.195. The molecule has 98 valence electrons. The molecule has 0 fully saturated rings. The number of aromatic nitrogens is 1. The Morgan fingerprint density at radius 2 is 1.79 bits per heavy atom. The first-order valence-corrected chi connectivity index (χ1v) is 6.68. The Morgan fingerprint density at radius 3 is 2.47 bits per heavy atom. The lowest BCUT2D eigenvalue weighted by Gasteiger charge is -2.05. The molecule has 2 aromatic rings. The van der Waals surface area contributed by atoms with Crippen molar-refractivity contribution in [2.24, 2.45) is 0 Å². The van der Waals surface area contributed by atoms with Gasteiger partial charge in [0.25, 0.3) is 0 Å². The normalized spacial score (nSPS) is 10.4. The van der Waals surface area contributed by atoms with Crippen molar-refractivity contribution in [2.45, 2.75) is 33.1 Å². The third-order valence-corrected chi connectivity index (χ3v) is 3.24. The molecule has 0 unspecified atom stereocenters. The first-order chi connectivity index (χ1) is 9.16. The maximum Gasteiger partial charge on any atom is 0.164 e. The molecular weight excluding hydrogens is 234 g/mol. The summed E-state index contributed by atoms with van der Waals surface area (Å²) in [5.41, 5.74) is 3.84. The Kier molecular flexibility index (Phi) is 4.45. The van der Waals surface area contributed by atoms with E-state index < -0.39 is 0 Å². The molecule has 0 spiro atoms. The molecule has 0 N–H and O–H groups in total. The van der Waals surface area contributed by atoms with Crippen molar-refractivity contribution < 1.29 is 4.79 Å². The highest BCUT2D eigenvalue weighted by Gasteiger charge is 2.09. The van der Waals surface area contributed by atoms with Crippen LogP contribution < -0.4 is 0 Å². The third kappa shape index (κ3) is 3.75. The molecule has 0 aliphatic rings. The first-order valence-electron chi connectivity index (χ1n) is 6.68. The zero-order valence-corrected chi connectivity index (χ0v) is 11.5. The molecule has 2 heteroatoms. The number of hydrogen-bond acceptors (Lipinski definition) is 2. The second kappa shape index (κ2) is 6.28. The predicted molar refractivity (Wildman–Crippen MR) is 77.4 cm³/mol. The van der Waals surface area contributed by atoms with Crippen LogP contribution in [-0.4, -0.2) is 10.8 Å². The summed E-state index contributed by atoms with van der Waals surface area (Å²) in [4.78, 5) is 16.5. The summed E-state index contributed by atoms with van der Waals surface area (Å²) < 4.78 is 0. The third-order valence-electron chi connectivity index (χ3n) is 3.24. The van der Waals surface area contributed by atoms with Crippen LogP contribution in [0.3, 0.4) is 0 Å². The van der Waals surface area contributed by atoms with Gasteiger partial charge in [-0.05, 0) is 44.4 Å². The van der Waals surface area contributed by atoms with E-state index in [9.17, 15) is 4.79 Å². The summed E-state index contributed by atoms with van der Waals surface area (Å²) in [6.07, 6.45) is 2.42. The van der Waals surface area contributed by atoms with Gasteiger partial charge in [0.2, 0.25) is 0 Å². The van der Waals surface area contributed by atoms with Crippen molar-refractivity contribution in [3.8, 4) is 0 Å². The van der Waals surface area contributed by atoms with E-state index in [1.54, 1.807) is 0 Å². The standard InChI is InChI=1S/C17H19NO/c1-13-11-12-16(14(2)18-13)17(19)10-6-9-15-7-4-3-5-8-15/h3-5,7-8,11-12H,6,9-10H2,1-2H3. The number of Topliss-reactive ketones (excluding diaryl/α,β-unsaturated/α-hetero) is 1. The Morgan fingerprint density at radius 1 is 1.05 bits per heavy atom. The Hall–Kier alpha value is -1.96. The summed E-state index contributed by atoms with van der Waals surface area (Å²) in [7, 11) is 0. The van der Waals surface area contributed by atoms with Crippen molar-refractivity contribution in [3.05, 3.63) is 65.0 Å². The highest BCUT2D eigenvalue weighted by atomic mass is 16.1. The number of hydrogen-bond donors (Lipinski definition) is 0. The van der Waals surface area contributed by atoms with E-state index in [4.69, 9.17) is 0 Å². The van der Waals surface area contributed by atoms with E-state index in [1.165, 1.54) is 5.56 Å². The van der Waals surface area contributed by atoms with Crippen LogP contribution in [0.25, 0.3) is 0 Å². The van der Waals surface area contributed by atoms with E-state index in [0.717, 1.165) is 29.8 Å². The Balaban J connectivity index is 1.91. The van der Waals surface area contributed by atoms with Gasteiger partial charge in [-0.1, -0.05) is 30.3 Å². The molecule has 2 rings (SSSR count). The van der Waals surface area contributed by atoms with Gasteiger partial charge in [0.1, 0.15) is 0 Å². The highest BCUT2D eigenvalue weighted by Crippen LogP contribution is 2.12. The van der Waals surface area contributed by atoms with Gasteiger partial charge >= 0.3 is 0 Å². The molecule has 0 saturated carbocycles. The fourth-order valence-corrected chi connectivity index (χ4v) is 2.21. The molecular formula is C17H19NO. The predicted octanol–water partition coefficient (Wildman–Crippen LogP) is 3.90. The Bertz CT molecular complexity index is 561. The van der Waals surface area contributed by atoms with E-state index >= 15 is 0 Å². The van der Waals surface area contributed by atoms with E-state index in [-0.39, 0.29) is 5.78 Å². The monoisotopic (exact) mass is 253 g/mol. The molecule has 0 atom stereocenters. The summed E-state index contributed by atoms with van der Waals surface area (Å²) in [5, 5.41) is 0. The number of nitrogens with zero attached hydrogens (tertiary/aromatic N) is 1. The quantitative estimate of drug-likeness (QED) is 0.756. The lowest BCUT2D eigenvalue weighted by atomic mass is 10.0. The molecule has 0 bridgehead atoms. The minimum atomic E-state index is 0.195. The van der Waals surface area contributed by atoms with Crippen molar-refractivity contribution in [2.75, 3.05) is 0 Å². The Labute approximate surface area is 114 Å². The van der Waals surface area contributed by atoms with E-state index in [0.29, 0.717) is 6.42 Å². The van der Waals surface area contributed by atoms with Crippen molar-refractivity contribution >= 4 is 5.78 Å². The molecule has 0 aliphatic carbocycles. The number of carbonyl (C=O) groups excluding carboxylic acids is 1. The van der Waals surface area contributed by atoms with Crippen LogP contribution >= 0.6 is 0 Å². The fourth-order valence-electron chi connectivity index (χ4n) is 2.21. The average Bonchev–Trinajstić information content (AvgIpc) is 2.39. The zero-order chi connectivity index (χ0) is 13.7. The number of carbonyl (C=O) groups is 1. The molecule has 1 aromatic carbocycles. The largest absolute Gasteiger partial charge is 0.294 e. The molecule has 0 saturated heterocycles. The van der Waals surface area contributed by atoms with Crippen molar-refractivity contribution in [1.82, 2.24) is 4.98 Å². The lowest BCUT2D eigenvalue weighted by molar-refractivity contribution is 0.0979. The van der Waals surface area contributed by atoms with E-state index in [2.05, 4.69) is 17.1 Å². The molecule has 0 radical (unpaired) electrons. The second-order valence-corrected chi connectivity index (χ2v) is 4.85. The van der Waals surface area contributed by atoms with Crippen LogP contribution in [0.2, 0.25) is 0 Å². The number of pyridine rings is 1. The topological polar surface area (TPSA) is 30.0 Å². The SMILES string of the molecule is Cc1ccc(C(=O)CCCc2ccccc2)c(C)n1. The van der Waals surface area contributed by atoms with Crippen LogP contribution in [0.1, 0.15) is 40.2 Å². The number of aryl methyl sites for hydroxylation is 3. The van der Waals surface area contributed by atoms with E-state index in [1.807, 2.05) is 44.2 Å². The van der Waals surface area contributed by atoms with Gasteiger partial charge in [0, 0.05) is 23.4 Å². The van der Waals surface area contributed by atoms with Crippen molar-refractivity contribution in [3.63, 3.8) is 0 Å². The van der Waals surface area contributed by atoms with Crippen molar-refractivity contribution in [1.29, 1.82) is 0 Å². The second-order valence-electron chi connectivity index (χ2n) is 4.85. The van der Waals surface area contributed by atoms with Crippen LogP contribution in [-0.2, 0) is 6.42 Å². The van der Waals surface area contributed by atoms with Gasteiger partial charge < -0.3 is 0 Å². The number of benzene rings is 1. The average molecular weight is 253 g/mol.